The van der Waals surface area contributed by atoms with E-state index in [-0.39, 0.29) is 11.4 Å². The second-order valence-corrected chi connectivity index (χ2v) is 5.38. The zero-order valence-corrected chi connectivity index (χ0v) is 12.9. The number of benzene rings is 1. The lowest BCUT2D eigenvalue weighted by Gasteiger charge is -2.29. The van der Waals surface area contributed by atoms with Gasteiger partial charge in [-0.15, -0.1) is 0 Å². The van der Waals surface area contributed by atoms with Crippen LogP contribution in [0.15, 0.2) is 42.6 Å². The van der Waals surface area contributed by atoms with Gasteiger partial charge in [-0.25, -0.2) is 0 Å². The van der Waals surface area contributed by atoms with Gasteiger partial charge in [0.1, 0.15) is 5.69 Å². The molecule has 2 N–H and O–H groups in total. The fourth-order valence-electron chi connectivity index (χ4n) is 1.93. The lowest BCUT2D eigenvalue weighted by Crippen LogP contribution is -2.45. The SMILES string of the molecule is CC(CBr)(NC(=O)c1cc([N+](=O)[O-])c[nH]1)c1ccccc1. The summed E-state index contributed by atoms with van der Waals surface area (Å²) in [5.74, 6) is -0.395. The molecule has 0 bridgehead atoms. The second-order valence-electron chi connectivity index (χ2n) is 4.81. The average Bonchev–Trinajstić information content (AvgIpc) is 2.98. The molecule has 1 aromatic carbocycles. The van der Waals surface area contributed by atoms with Crippen molar-refractivity contribution in [2.24, 2.45) is 0 Å². The van der Waals surface area contributed by atoms with E-state index < -0.39 is 16.4 Å². The van der Waals surface area contributed by atoms with Crippen LogP contribution in [0.4, 0.5) is 5.69 Å². The summed E-state index contributed by atoms with van der Waals surface area (Å²) < 4.78 is 0. The molecule has 21 heavy (non-hydrogen) atoms. The van der Waals surface area contributed by atoms with E-state index in [2.05, 4.69) is 26.2 Å². The van der Waals surface area contributed by atoms with Crippen LogP contribution < -0.4 is 5.32 Å². The van der Waals surface area contributed by atoms with Crippen molar-refractivity contribution in [2.45, 2.75) is 12.5 Å². The molecular formula is C14H14BrN3O3. The van der Waals surface area contributed by atoms with Gasteiger partial charge in [0.2, 0.25) is 0 Å². The topological polar surface area (TPSA) is 88.0 Å². The van der Waals surface area contributed by atoms with Crippen LogP contribution in [0.2, 0.25) is 0 Å². The summed E-state index contributed by atoms with van der Waals surface area (Å²) >= 11 is 3.41. The highest BCUT2D eigenvalue weighted by atomic mass is 79.9. The van der Waals surface area contributed by atoms with Gasteiger partial charge in [-0.1, -0.05) is 46.3 Å². The maximum Gasteiger partial charge on any atom is 0.287 e. The number of nitrogens with zero attached hydrogens (tertiary/aromatic N) is 1. The summed E-state index contributed by atoms with van der Waals surface area (Å²) in [6.07, 6.45) is 1.20. The molecule has 110 valence electrons. The van der Waals surface area contributed by atoms with E-state index in [1.54, 1.807) is 0 Å². The maximum atomic E-state index is 12.2. The minimum Gasteiger partial charge on any atom is -0.351 e. The van der Waals surface area contributed by atoms with Crippen LogP contribution in [0.1, 0.15) is 23.0 Å². The molecule has 0 aliphatic rings. The fourth-order valence-corrected chi connectivity index (χ4v) is 2.39. The van der Waals surface area contributed by atoms with Gasteiger partial charge in [-0.3, -0.25) is 14.9 Å². The van der Waals surface area contributed by atoms with Gasteiger partial charge in [0.15, 0.2) is 0 Å². The number of aromatic amines is 1. The van der Waals surface area contributed by atoms with E-state index in [1.165, 1.54) is 12.3 Å². The van der Waals surface area contributed by atoms with Crippen LogP contribution >= 0.6 is 15.9 Å². The summed E-state index contributed by atoms with van der Waals surface area (Å²) in [6, 6.07) is 10.7. The van der Waals surface area contributed by atoms with Crippen molar-refractivity contribution in [3.8, 4) is 0 Å². The highest BCUT2D eigenvalue weighted by Gasteiger charge is 2.28. The van der Waals surface area contributed by atoms with E-state index in [1.807, 2.05) is 37.3 Å². The molecule has 0 fully saturated rings. The van der Waals surface area contributed by atoms with Crippen molar-refractivity contribution in [3.63, 3.8) is 0 Å². The number of carbonyl (C=O) groups excluding carboxylic acids is 1. The number of rotatable bonds is 5. The van der Waals surface area contributed by atoms with Crippen LogP contribution in [0, 0.1) is 10.1 Å². The average molecular weight is 352 g/mol. The molecule has 2 rings (SSSR count). The maximum absolute atomic E-state index is 12.2. The minimum atomic E-state index is -0.613. The third kappa shape index (κ3) is 3.30. The molecular weight excluding hydrogens is 338 g/mol. The number of hydrogen-bond donors (Lipinski definition) is 2. The number of nitrogens with one attached hydrogen (secondary N) is 2. The van der Waals surface area contributed by atoms with E-state index in [0.717, 1.165) is 5.56 Å². The van der Waals surface area contributed by atoms with Gasteiger partial charge in [0.25, 0.3) is 11.6 Å². The van der Waals surface area contributed by atoms with Crippen molar-refractivity contribution in [1.82, 2.24) is 10.3 Å². The van der Waals surface area contributed by atoms with Gasteiger partial charge in [0, 0.05) is 11.4 Å². The molecule has 6 nitrogen and oxygen atoms in total. The first kappa shape index (κ1) is 15.2. The lowest BCUT2D eigenvalue weighted by atomic mass is 9.94. The van der Waals surface area contributed by atoms with Gasteiger partial charge in [-0.2, -0.15) is 0 Å². The largest absolute Gasteiger partial charge is 0.351 e. The van der Waals surface area contributed by atoms with Crippen LogP contribution in [-0.2, 0) is 5.54 Å². The predicted octanol–water partition coefficient (Wildman–Crippen LogP) is 2.96. The molecule has 0 aliphatic carbocycles. The Morgan fingerprint density at radius 2 is 2.10 bits per heavy atom. The first-order valence-electron chi connectivity index (χ1n) is 6.23. The van der Waals surface area contributed by atoms with Gasteiger partial charge in [0.05, 0.1) is 16.7 Å². The molecule has 1 unspecified atom stereocenters. The van der Waals surface area contributed by atoms with Gasteiger partial charge < -0.3 is 10.3 Å². The standard InChI is InChI=1S/C14H14BrN3O3/c1-14(9-15,10-5-3-2-4-6-10)17-13(19)12-7-11(8-16-12)18(20)21/h2-8,16H,9H2,1H3,(H,17,19). The molecule has 1 amide bonds. The van der Waals surface area contributed by atoms with Crippen molar-refractivity contribution < 1.29 is 9.72 Å². The normalized spacial score (nSPS) is 13.4. The number of aromatic nitrogens is 1. The molecule has 0 radical (unpaired) electrons. The number of hydrogen-bond acceptors (Lipinski definition) is 3. The Bertz CT molecular complexity index is 656. The number of nitro groups is 1. The third-order valence-electron chi connectivity index (χ3n) is 3.19. The number of amides is 1. The third-order valence-corrected chi connectivity index (χ3v) is 4.31. The fraction of sp³-hybridized carbons (Fsp3) is 0.214. The summed E-state index contributed by atoms with van der Waals surface area (Å²) in [5.41, 5.74) is 0.347. The molecule has 7 heteroatoms. The quantitative estimate of drug-likeness (QED) is 0.493. The van der Waals surface area contributed by atoms with E-state index in [4.69, 9.17) is 0 Å². The Labute approximate surface area is 129 Å². The van der Waals surface area contributed by atoms with Gasteiger partial charge in [-0.05, 0) is 12.5 Å². The Balaban J connectivity index is 2.21. The number of H-pyrrole nitrogens is 1. The molecule has 0 aliphatic heterocycles. The molecule has 0 spiro atoms. The van der Waals surface area contributed by atoms with Crippen molar-refractivity contribution in [2.75, 3.05) is 5.33 Å². The summed E-state index contributed by atoms with van der Waals surface area (Å²) in [5, 5.41) is 14.0. The monoisotopic (exact) mass is 351 g/mol. The first-order valence-corrected chi connectivity index (χ1v) is 7.35. The Morgan fingerprint density at radius 3 is 2.62 bits per heavy atom. The van der Waals surface area contributed by atoms with Crippen molar-refractivity contribution in [3.05, 3.63) is 64.0 Å². The summed E-state index contributed by atoms with van der Waals surface area (Å²) in [6.45, 7) is 1.88. The van der Waals surface area contributed by atoms with E-state index >= 15 is 0 Å². The Morgan fingerprint density at radius 1 is 1.43 bits per heavy atom. The second kappa shape index (κ2) is 6.09. The van der Waals surface area contributed by atoms with E-state index in [0.29, 0.717) is 5.33 Å². The van der Waals surface area contributed by atoms with Crippen molar-refractivity contribution in [1.29, 1.82) is 0 Å². The summed E-state index contributed by atoms with van der Waals surface area (Å²) in [4.78, 5) is 25.0. The smallest absolute Gasteiger partial charge is 0.287 e. The molecule has 2 aromatic rings. The lowest BCUT2D eigenvalue weighted by molar-refractivity contribution is -0.384. The highest BCUT2D eigenvalue weighted by Crippen LogP contribution is 2.24. The molecule has 1 heterocycles. The van der Waals surface area contributed by atoms with Gasteiger partial charge >= 0.3 is 0 Å². The number of carbonyl (C=O) groups is 1. The van der Waals surface area contributed by atoms with Crippen LogP contribution in [0.25, 0.3) is 0 Å². The minimum absolute atomic E-state index is 0.139. The molecule has 0 saturated carbocycles. The highest BCUT2D eigenvalue weighted by molar-refractivity contribution is 9.09. The number of halogens is 1. The molecule has 0 saturated heterocycles. The van der Waals surface area contributed by atoms with Crippen molar-refractivity contribution >= 4 is 27.5 Å². The molecule has 1 aromatic heterocycles. The zero-order valence-electron chi connectivity index (χ0n) is 11.3. The predicted molar refractivity (Wildman–Crippen MR) is 82.5 cm³/mol. The molecule has 1 atom stereocenters. The first-order chi connectivity index (χ1) is 9.96. The Hall–Kier alpha value is -2.15. The zero-order chi connectivity index (χ0) is 15.5. The number of alkyl halides is 1. The van der Waals surface area contributed by atoms with Crippen LogP contribution in [0.3, 0.4) is 0 Å². The van der Waals surface area contributed by atoms with Crippen LogP contribution in [0.5, 0.6) is 0 Å². The summed E-state index contributed by atoms with van der Waals surface area (Å²) in [7, 11) is 0. The Kier molecular flexibility index (Phi) is 4.42. The van der Waals surface area contributed by atoms with E-state index in [9.17, 15) is 14.9 Å². The van der Waals surface area contributed by atoms with Crippen LogP contribution in [-0.4, -0.2) is 21.1 Å².